The highest BCUT2D eigenvalue weighted by Crippen LogP contribution is 2.25. The van der Waals surface area contributed by atoms with Crippen LogP contribution in [-0.2, 0) is 0 Å². The van der Waals surface area contributed by atoms with E-state index in [0.717, 1.165) is 0 Å². The zero-order chi connectivity index (χ0) is 15.1. The van der Waals surface area contributed by atoms with E-state index in [2.05, 4.69) is 20.8 Å². The summed E-state index contributed by atoms with van der Waals surface area (Å²) in [6.07, 6.45) is 16.6. The minimum Gasteiger partial charge on any atom is -0.351 e. The molecule has 0 rings (SSSR count). The quantitative estimate of drug-likeness (QED) is 0.266. The van der Waals surface area contributed by atoms with Gasteiger partial charge >= 0.3 is 0 Å². The largest absolute Gasteiger partial charge is 0.351 e. The molecule has 0 aromatic carbocycles. The van der Waals surface area contributed by atoms with Gasteiger partial charge in [0.15, 0.2) is 0 Å². The number of nitrogens with two attached hydrogens (primary N) is 1. The van der Waals surface area contributed by atoms with Crippen LogP contribution in [0.5, 0.6) is 0 Å². The minimum absolute atomic E-state index is 1.34. The van der Waals surface area contributed by atoms with Gasteiger partial charge in [-0.2, -0.15) is 0 Å². The van der Waals surface area contributed by atoms with Crippen molar-refractivity contribution in [1.29, 1.82) is 0 Å². The molecule has 0 amide bonds. The second-order valence-electron chi connectivity index (χ2n) is 6.79. The first-order chi connectivity index (χ1) is 9.68. The fraction of sp³-hybridized carbons (Fsp3) is 1.00. The summed E-state index contributed by atoms with van der Waals surface area (Å²) >= 11 is 0. The first-order valence-corrected chi connectivity index (χ1v) is 12.2. The highest BCUT2D eigenvalue weighted by molar-refractivity contribution is 6.76. The van der Waals surface area contributed by atoms with Crippen molar-refractivity contribution in [2.24, 2.45) is 5.40 Å². The highest BCUT2D eigenvalue weighted by atomic mass is 28.3. The Morgan fingerprint density at radius 3 is 1.05 bits per heavy atom. The van der Waals surface area contributed by atoms with Gasteiger partial charge in [0.25, 0.3) is 0 Å². The molecule has 0 aliphatic heterocycles. The molecular weight excluding hydrogens is 258 g/mol. The van der Waals surface area contributed by atoms with Crippen LogP contribution < -0.4 is 5.40 Å². The molecule has 0 heterocycles. The molecule has 122 valence electrons. The van der Waals surface area contributed by atoms with Crippen LogP contribution in [0, 0.1) is 0 Å². The minimum atomic E-state index is -1.40. The lowest BCUT2D eigenvalue weighted by molar-refractivity contribution is 0.663. The van der Waals surface area contributed by atoms with E-state index in [1.54, 1.807) is 0 Å². The van der Waals surface area contributed by atoms with Crippen LogP contribution in [0.4, 0.5) is 0 Å². The van der Waals surface area contributed by atoms with Gasteiger partial charge in [0.05, 0.1) is 0 Å². The smallest absolute Gasteiger partial charge is 0.123 e. The van der Waals surface area contributed by atoms with Crippen molar-refractivity contribution >= 4 is 8.24 Å². The lowest BCUT2D eigenvalue weighted by Crippen LogP contribution is -2.45. The maximum absolute atomic E-state index is 6.88. The van der Waals surface area contributed by atoms with Crippen molar-refractivity contribution in [2.75, 3.05) is 0 Å². The van der Waals surface area contributed by atoms with E-state index in [0.29, 0.717) is 0 Å². The van der Waals surface area contributed by atoms with Gasteiger partial charge < -0.3 is 5.40 Å². The topological polar surface area (TPSA) is 26.0 Å². The van der Waals surface area contributed by atoms with Gasteiger partial charge in [-0.05, 0) is 18.1 Å². The molecule has 20 heavy (non-hydrogen) atoms. The summed E-state index contributed by atoms with van der Waals surface area (Å²) in [7, 11) is -1.40. The van der Waals surface area contributed by atoms with E-state index < -0.39 is 8.24 Å². The molecule has 0 radical (unpaired) electrons. The Hall–Kier alpha value is 0.177. The van der Waals surface area contributed by atoms with Crippen molar-refractivity contribution < 1.29 is 0 Å². The summed E-state index contributed by atoms with van der Waals surface area (Å²) in [6.45, 7) is 6.88. The Kier molecular flexibility index (Phi) is 14.3. The maximum atomic E-state index is 6.88. The molecule has 0 unspecified atom stereocenters. The van der Waals surface area contributed by atoms with E-state index >= 15 is 0 Å². The van der Waals surface area contributed by atoms with Crippen LogP contribution in [0.25, 0.3) is 0 Å². The highest BCUT2D eigenvalue weighted by Gasteiger charge is 2.26. The monoisotopic (exact) mass is 299 g/mol. The maximum Gasteiger partial charge on any atom is 0.123 e. The molecule has 2 heteroatoms. The zero-order valence-corrected chi connectivity index (χ0v) is 15.7. The van der Waals surface area contributed by atoms with Crippen LogP contribution in [0.15, 0.2) is 0 Å². The molecule has 0 aromatic heterocycles. The summed E-state index contributed by atoms with van der Waals surface area (Å²) in [4.78, 5) is 0. The number of hydrogen-bond acceptors (Lipinski definition) is 1. The zero-order valence-electron chi connectivity index (χ0n) is 14.7. The third-order valence-corrected chi connectivity index (χ3v) is 8.63. The molecule has 0 saturated heterocycles. The van der Waals surface area contributed by atoms with E-state index in [1.807, 2.05) is 0 Å². The van der Waals surface area contributed by atoms with Crippen molar-refractivity contribution in [2.45, 2.75) is 116 Å². The molecule has 1 nitrogen and oxygen atoms in total. The summed E-state index contributed by atoms with van der Waals surface area (Å²) in [6, 6.07) is 4.18. The Balaban J connectivity index is 3.98. The summed E-state index contributed by atoms with van der Waals surface area (Å²) < 4.78 is 0. The molecule has 0 atom stereocenters. The molecule has 0 spiro atoms. The molecule has 0 aliphatic carbocycles. The summed E-state index contributed by atoms with van der Waals surface area (Å²) in [5.74, 6) is 0. The molecule has 0 saturated carbocycles. The van der Waals surface area contributed by atoms with Crippen molar-refractivity contribution in [3.63, 3.8) is 0 Å². The van der Waals surface area contributed by atoms with Crippen LogP contribution in [0.3, 0.4) is 0 Å². The third kappa shape index (κ3) is 12.0. The second-order valence-corrected chi connectivity index (χ2v) is 11.0. The Labute approximate surface area is 130 Å². The van der Waals surface area contributed by atoms with E-state index in [4.69, 9.17) is 5.40 Å². The Morgan fingerprint density at radius 1 is 0.500 bits per heavy atom. The number of unbranched alkanes of at least 4 members (excludes halogenated alkanes) is 9. The van der Waals surface area contributed by atoms with Crippen LogP contribution in [0.1, 0.15) is 97.8 Å². The van der Waals surface area contributed by atoms with Crippen molar-refractivity contribution in [3.05, 3.63) is 0 Å². The van der Waals surface area contributed by atoms with Crippen LogP contribution in [0.2, 0.25) is 18.1 Å². The van der Waals surface area contributed by atoms with Crippen molar-refractivity contribution in [1.82, 2.24) is 0 Å². The predicted molar refractivity (Wildman–Crippen MR) is 96.8 cm³/mol. The molecule has 0 bridgehead atoms. The van der Waals surface area contributed by atoms with E-state index in [9.17, 15) is 0 Å². The number of rotatable bonds is 15. The van der Waals surface area contributed by atoms with Crippen LogP contribution in [-0.4, -0.2) is 8.24 Å². The lowest BCUT2D eigenvalue weighted by atomic mass is 10.2. The molecule has 0 fully saturated rings. The first-order valence-electron chi connectivity index (χ1n) is 9.47. The van der Waals surface area contributed by atoms with E-state index in [1.165, 1.54) is 95.2 Å². The van der Waals surface area contributed by atoms with Gasteiger partial charge in [-0.25, -0.2) is 0 Å². The van der Waals surface area contributed by atoms with Gasteiger partial charge in [-0.3, -0.25) is 0 Å². The summed E-state index contributed by atoms with van der Waals surface area (Å²) in [5.41, 5.74) is 0. The van der Waals surface area contributed by atoms with Gasteiger partial charge in [-0.15, -0.1) is 0 Å². The standard InChI is InChI=1S/C18H41NSi/c1-4-7-10-13-16-20(19,17-14-11-8-5-2)18-15-12-9-6-3/h4-19H2,1-3H3. The lowest BCUT2D eigenvalue weighted by Gasteiger charge is -2.27. The normalized spacial score (nSPS) is 12.0. The average molecular weight is 300 g/mol. The van der Waals surface area contributed by atoms with Gasteiger partial charge in [0, 0.05) is 0 Å². The molecule has 0 aromatic rings. The predicted octanol–water partition coefficient (Wildman–Crippen LogP) is 6.63. The van der Waals surface area contributed by atoms with Gasteiger partial charge in [0.1, 0.15) is 8.24 Å². The number of hydrogen-bond donors (Lipinski definition) is 1. The SMILES string of the molecule is CCCCCC[Si](N)(CCCCCC)CCCCCC. The van der Waals surface area contributed by atoms with Crippen molar-refractivity contribution in [3.8, 4) is 0 Å². The molecule has 2 N–H and O–H groups in total. The third-order valence-electron chi connectivity index (χ3n) is 4.58. The average Bonchev–Trinajstić information content (AvgIpc) is 2.45. The first kappa shape index (κ1) is 20.2. The fourth-order valence-corrected chi connectivity index (χ4v) is 6.70. The summed E-state index contributed by atoms with van der Waals surface area (Å²) in [5, 5.41) is 6.88. The molecule has 0 aliphatic rings. The fourth-order valence-electron chi connectivity index (χ4n) is 3.09. The molecular formula is C18H41NSi. The van der Waals surface area contributed by atoms with Crippen LogP contribution >= 0.6 is 0 Å². The van der Waals surface area contributed by atoms with Gasteiger partial charge in [-0.1, -0.05) is 97.8 Å². The second kappa shape index (κ2) is 14.1. The van der Waals surface area contributed by atoms with E-state index in [-0.39, 0.29) is 0 Å². The van der Waals surface area contributed by atoms with Gasteiger partial charge in [0.2, 0.25) is 0 Å². The Morgan fingerprint density at radius 2 is 0.800 bits per heavy atom. The Bertz CT molecular complexity index is 163.